The lowest BCUT2D eigenvalue weighted by atomic mass is 10.0. The van der Waals surface area contributed by atoms with Crippen LogP contribution in [0.3, 0.4) is 0 Å². The third kappa shape index (κ3) is 3.87. The van der Waals surface area contributed by atoms with Crippen molar-refractivity contribution < 1.29 is 14.0 Å². The molecule has 25 heavy (non-hydrogen) atoms. The number of carbonyl (C=O) groups is 2. The van der Waals surface area contributed by atoms with Gasteiger partial charge in [0.1, 0.15) is 5.82 Å². The number of halogens is 1. The number of hydrogen-bond acceptors (Lipinski definition) is 2. The standard InChI is InChI=1S/C20H21FN2O2/c1-13-7-8-14(2)15(9-13)10-19(24)22-16-11-20(25)23(12-16)18-6-4-3-5-17(18)21/h3-9,16H,10-12H2,1-2H3,(H,22,24). The Labute approximate surface area is 146 Å². The van der Waals surface area contributed by atoms with Gasteiger partial charge in [0.15, 0.2) is 0 Å². The maximum Gasteiger partial charge on any atom is 0.229 e. The normalized spacial score (nSPS) is 17.0. The molecular formula is C20H21FN2O2. The zero-order valence-electron chi connectivity index (χ0n) is 14.4. The highest BCUT2D eigenvalue weighted by Gasteiger charge is 2.32. The molecule has 4 nitrogen and oxygen atoms in total. The zero-order chi connectivity index (χ0) is 18.0. The Morgan fingerprint density at radius 3 is 2.76 bits per heavy atom. The summed E-state index contributed by atoms with van der Waals surface area (Å²) in [6.07, 6.45) is 0.463. The van der Waals surface area contributed by atoms with Gasteiger partial charge in [-0.05, 0) is 37.1 Å². The van der Waals surface area contributed by atoms with E-state index in [1.165, 1.54) is 11.0 Å². The van der Waals surface area contributed by atoms with Crippen LogP contribution in [0, 0.1) is 19.7 Å². The smallest absolute Gasteiger partial charge is 0.229 e. The van der Waals surface area contributed by atoms with Crippen LogP contribution in [0.2, 0.25) is 0 Å². The fraction of sp³-hybridized carbons (Fsp3) is 0.300. The largest absolute Gasteiger partial charge is 0.351 e. The minimum Gasteiger partial charge on any atom is -0.351 e. The fourth-order valence-electron chi connectivity index (χ4n) is 3.15. The van der Waals surface area contributed by atoms with E-state index < -0.39 is 5.82 Å². The molecule has 2 aromatic carbocycles. The van der Waals surface area contributed by atoms with Crippen molar-refractivity contribution in [2.45, 2.75) is 32.7 Å². The Kier molecular flexibility index (Phi) is 4.83. The third-order valence-corrected chi connectivity index (χ3v) is 4.49. The molecular weight excluding hydrogens is 319 g/mol. The first-order valence-electron chi connectivity index (χ1n) is 8.34. The van der Waals surface area contributed by atoms with E-state index in [-0.39, 0.29) is 42.9 Å². The third-order valence-electron chi connectivity index (χ3n) is 4.49. The van der Waals surface area contributed by atoms with Crippen molar-refractivity contribution in [1.29, 1.82) is 0 Å². The Hall–Kier alpha value is -2.69. The summed E-state index contributed by atoms with van der Waals surface area (Å²) >= 11 is 0. The minimum absolute atomic E-state index is 0.123. The summed E-state index contributed by atoms with van der Waals surface area (Å²) in [5, 5.41) is 2.90. The van der Waals surface area contributed by atoms with Crippen molar-refractivity contribution in [1.82, 2.24) is 5.32 Å². The van der Waals surface area contributed by atoms with Crippen molar-refractivity contribution in [3.8, 4) is 0 Å². The van der Waals surface area contributed by atoms with Crippen molar-refractivity contribution in [3.63, 3.8) is 0 Å². The van der Waals surface area contributed by atoms with E-state index in [1.54, 1.807) is 18.2 Å². The summed E-state index contributed by atoms with van der Waals surface area (Å²) in [6, 6.07) is 11.9. The average molecular weight is 340 g/mol. The molecule has 1 heterocycles. The fourth-order valence-corrected chi connectivity index (χ4v) is 3.15. The second kappa shape index (κ2) is 7.05. The van der Waals surface area contributed by atoms with E-state index in [9.17, 15) is 14.0 Å². The highest BCUT2D eigenvalue weighted by Crippen LogP contribution is 2.24. The maximum atomic E-state index is 13.9. The van der Waals surface area contributed by atoms with Gasteiger partial charge in [-0.3, -0.25) is 9.59 Å². The molecule has 0 aliphatic carbocycles. The number of hydrogen-bond donors (Lipinski definition) is 1. The minimum atomic E-state index is -0.432. The van der Waals surface area contributed by atoms with Gasteiger partial charge in [-0.25, -0.2) is 4.39 Å². The molecule has 0 spiro atoms. The molecule has 1 N–H and O–H groups in total. The van der Waals surface area contributed by atoms with Gasteiger partial charge < -0.3 is 10.2 Å². The van der Waals surface area contributed by atoms with Gasteiger partial charge in [0, 0.05) is 13.0 Å². The van der Waals surface area contributed by atoms with Crippen LogP contribution < -0.4 is 10.2 Å². The van der Waals surface area contributed by atoms with Crippen LogP contribution in [-0.2, 0) is 16.0 Å². The van der Waals surface area contributed by atoms with Crippen LogP contribution >= 0.6 is 0 Å². The second-order valence-electron chi connectivity index (χ2n) is 6.53. The molecule has 1 aliphatic heterocycles. The van der Waals surface area contributed by atoms with E-state index in [0.29, 0.717) is 0 Å². The number of rotatable bonds is 4. The summed E-state index contributed by atoms with van der Waals surface area (Å²) in [5.74, 6) is -0.734. The first-order valence-corrected chi connectivity index (χ1v) is 8.34. The lowest BCUT2D eigenvalue weighted by molar-refractivity contribution is -0.121. The lowest BCUT2D eigenvalue weighted by Crippen LogP contribution is -2.38. The Morgan fingerprint density at radius 1 is 1.24 bits per heavy atom. The van der Waals surface area contributed by atoms with Crippen molar-refractivity contribution in [2.24, 2.45) is 0 Å². The topological polar surface area (TPSA) is 49.4 Å². The monoisotopic (exact) mass is 340 g/mol. The second-order valence-corrected chi connectivity index (χ2v) is 6.53. The van der Waals surface area contributed by atoms with Crippen molar-refractivity contribution >= 4 is 17.5 Å². The van der Waals surface area contributed by atoms with Crippen molar-refractivity contribution in [3.05, 3.63) is 65.0 Å². The summed E-state index contributed by atoms with van der Waals surface area (Å²) in [7, 11) is 0. The van der Waals surface area contributed by atoms with E-state index in [2.05, 4.69) is 5.32 Å². The Morgan fingerprint density at radius 2 is 2.00 bits per heavy atom. The highest BCUT2D eigenvalue weighted by atomic mass is 19.1. The zero-order valence-corrected chi connectivity index (χ0v) is 14.4. The summed E-state index contributed by atoms with van der Waals surface area (Å²) in [5.41, 5.74) is 3.41. The van der Waals surface area contributed by atoms with Gasteiger partial charge in [0.2, 0.25) is 11.8 Å². The maximum absolute atomic E-state index is 13.9. The first kappa shape index (κ1) is 17.1. The number of aryl methyl sites for hydroxylation is 2. The summed E-state index contributed by atoms with van der Waals surface area (Å²) in [6.45, 7) is 4.25. The SMILES string of the molecule is Cc1ccc(C)c(CC(=O)NC2CC(=O)N(c3ccccc3F)C2)c1. The van der Waals surface area contributed by atoms with Crippen molar-refractivity contribution in [2.75, 3.05) is 11.4 Å². The van der Waals surface area contributed by atoms with Gasteiger partial charge in [-0.15, -0.1) is 0 Å². The molecule has 130 valence electrons. The van der Waals surface area contributed by atoms with Gasteiger partial charge >= 0.3 is 0 Å². The molecule has 1 unspecified atom stereocenters. The molecule has 2 amide bonds. The lowest BCUT2D eigenvalue weighted by Gasteiger charge is -2.18. The predicted octanol–water partition coefficient (Wildman–Crippen LogP) is 2.91. The number of amides is 2. The van der Waals surface area contributed by atoms with E-state index in [0.717, 1.165) is 16.7 Å². The molecule has 0 aromatic heterocycles. The van der Waals surface area contributed by atoms with Crippen LogP contribution in [0.1, 0.15) is 23.1 Å². The molecule has 1 atom stereocenters. The number of carbonyl (C=O) groups excluding carboxylic acids is 2. The molecule has 0 saturated carbocycles. The molecule has 2 aromatic rings. The molecule has 1 saturated heterocycles. The number of nitrogens with one attached hydrogen (secondary N) is 1. The molecule has 0 radical (unpaired) electrons. The molecule has 5 heteroatoms. The van der Waals surface area contributed by atoms with Crippen LogP contribution in [0.15, 0.2) is 42.5 Å². The number of para-hydroxylation sites is 1. The quantitative estimate of drug-likeness (QED) is 0.930. The van der Waals surface area contributed by atoms with E-state index in [1.807, 2.05) is 32.0 Å². The highest BCUT2D eigenvalue weighted by molar-refractivity contribution is 5.97. The van der Waals surface area contributed by atoms with Gasteiger partial charge in [0.25, 0.3) is 0 Å². The van der Waals surface area contributed by atoms with Crippen LogP contribution in [-0.4, -0.2) is 24.4 Å². The number of benzene rings is 2. The van der Waals surface area contributed by atoms with Crippen LogP contribution in [0.5, 0.6) is 0 Å². The Bertz CT molecular complexity index is 819. The molecule has 1 fully saturated rings. The summed E-state index contributed by atoms with van der Waals surface area (Å²) < 4.78 is 13.9. The van der Waals surface area contributed by atoms with Gasteiger partial charge in [-0.1, -0.05) is 35.9 Å². The number of anilines is 1. The van der Waals surface area contributed by atoms with E-state index in [4.69, 9.17) is 0 Å². The first-order chi connectivity index (χ1) is 11.9. The van der Waals surface area contributed by atoms with Gasteiger partial charge in [0.05, 0.1) is 18.2 Å². The van der Waals surface area contributed by atoms with Crippen LogP contribution in [0.4, 0.5) is 10.1 Å². The van der Waals surface area contributed by atoms with E-state index >= 15 is 0 Å². The molecule has 1 aliphatic rings. The van der Waals surface area contributed by atoms with Gasteiger partial charge in [-0.2, -0.15) is 0 Å². The Balaban J connectivity index is 1.64. The molecule has 3 rings (SSSR count). The summed E-state index contributed by atoms with van der Waals surface area (Å²) in [4.78, 5) is 25.9. The van der Waals surface area contributed by atoms with Crippen LogP contribution in [0.25, 0.3) is 0 Å². The average Bonchev–Trinajstić information content (AvgIpc) is 2.91. The predicted molar refractivity (Wildman–Crippen MR) is 94.9 cm³/mol. The number of nitrogens with zero attached hydrogens (tertiary/aromatic N) is 1. The molecule has 0 bridgehead atoms.